The third-order valence-corrected chi connectivity index (χ3v) is 5.82. The SMILES string of the molecule is NC(=S)C1CCCN(C(=O)C2CCCc3sccc32)C1. The van der Waals surface area contributed by atoms with Gasteiger partial charge in [0, 0.05) is 23.9 Å². The standard InChI is InChI=1S/C15H20N2OS2/c16-14(19)10-3-2-7-17(9-10)15(18)12-4-1-5-13-11(12)6-8-20-13/h6,8,10,12H,1-5,7,9H2,(H2,16,19). The Kier molecular flexibility index (Phi) is 4.08. The van der Waals surface area contributed by atoms with Gasteiger partial charge < -0.3 is 10.6 Å². The van der Waals surface area contributed by atoms with Crippen molar-refractivity contribution in [1.29, 1.82) is 0 Å². The number of nitrogens with zero attached hydrogens (tertiary/aromatic N) is 1. The second kappa shape index (κ2) is 5.82. The number of carbonyl (C=O) groups is 1. The number of likely N-dealkylation sites (tertiary alicyclic amines) is 1. The minimum absolute atomic E-state index is 0.0649. The Morgan fingerprint density at radius 3 is 3.05 bits per heavy atom. The predicted molar refractivity (Wildman–Crippen MR) is 86.1 cm³/mol. The summed E-state index contributed by atoms with van der Waals surface area (Å²) in [6, 6.07) is 2.14. The molecule has 0 bridgehead atoms. The van der Waals surface area contributed by atoms with Crippen LogP contribution in [0.3, 0.4) is 0 Å². The second-order valence-electron chi connectivity index (χ2n) is 5.77. The molecule has 2 atom stereocenters. The van der Waals surface area contributed by atoms with E-state index in [0.29, 0.717) is 11.5 Å². The lowest BCUT2D eigenvalue weighted by Gasteiger charge is -2.35. The number of carbonyl (C=O) groups excluding carboxylic acids is 1. The maximum absolute atomic E-state index is 12.8. The summed E-state index contributed by atoms with van der Waals surface area (Å²) < 4.78 is 0. The molecule has 0 saturated carbocycles. The average molecular weight is 308 g/mol. The van der Waals surface area contributed by atoms with E-state index in [1.165, 1.54) is 10.4 Å². The van der Waals surface area contributed by atoms with Crippen LogP contribution in [0.5, 0.6) is 0 Å². The normalized spacial score (nSPS) is 26.1. The topological polar surface area (TPSA) is 46.3 Å². The lowest BCUT2D eigenvalue weighted by Crippen LogP contribution is -2.45. The molecule has 2 unspecified atom stereocenters. The number of nitrogens with two attached hydrogens (primary N) is 1. The number of thiocarbonyl (C=S) groups is 1. The minimum Gasteiger partial charge on any atom is -0.393 e. The molecule has 2 N–H and O–H groups in total. The quantitative estimate of drug-likeness (QED) is 0.855. The molecular formula is C15H20N2OS2. The smallest absolute Gasteiger partial charge is 0.230 e. The van der Waals surface area contributed by atoms with Gasteiger partial charge in [0.05, 0.1) is 10.9 Å². The third-order valence-electron chi connectivity index (χ3n) is 4.49. The summed E-state index contributed by atoms with van der Waals surface area (Å²) in [5, 5.41) is 2.12. The maximum atomic E-state index is 12.8. The number of aryl methyl sites for hydroxylation is 1. The van der Waals surface area contributed by atoms with Crippen LogP contribution >= 0.6 is 23.6 Å². The van der Waals surface area contributed by atoms with E-state index in [1.807, 2.05) is 4.90 Å². The van der Waals surface area contributed by atoms with Crippen LogP contribution in [-0.2, 0) is 11.2 Å². The van der Waals surface area contributed by atoms with Crippen molar-refractivity contribution in [1.82, 2.24) is 4.90 Å². The number of hydrogen-bond acceptors (Lipinski definition) is 3. The van der Waals surface area contributed by atoms with E-state index < -0.39 is 0 Å². The Morgan fingerprint density at radius 1 is 1.40 bits per heavy atom. The molecule has 0 spiro atoms. The first-order valence-electron chi connectivity index (χ1n) is 7.31. The van der Waals surface area contributed by atoms with Gasteiger partial charge in [-0.05, 0) is 49.1 Å². The summed E-state index contributed by atoms with van der Waals surface area (Å²) in [5.74, 6) is 0.550. The molecule has 0 aromatic carbocycles. The van der Waals surface area contributed by atoms with E-state index in [0.717, 1.165) is 38.6 Å². The summed E-state index contributed by atoms with van der Waals surface area (Å²) in [5.41, 5.74) is 7.03. The number of hydrogen-bond donors (Lipinski definition) is 1. The van der Waals surface area contributed by atoms with Crippen molar-refractivity contribution < 1.29 is 4.79 Å². The molecule has 1 aliphatic carbocycles. The monoisotopic (exact) mass is 308 g/mol. The maximum Gasteiger partial charge on any atom is 0.230 e. The number of rotatable bonds is 2. The Labute approximate surface area is 129 Å². The first-order valence-corrected chi connectivity index (χ1v) is 8.60. The molecule has 5 heteroatoms. The number of amides is 1. The van der Waals surface area contributed by atoms with E-state index in [2.05, 4.69) is 11.4 Å². The molecule has 108 valence electrons. The Bertz CT molecular complexity index is 526. The van der Waals surface area contributed by atoms with Crippen molar-refractivity contribution in [2.45, 2.75) is 38.0 Å². The molecule has 1 aromatic heterocycles. The van der Waals surface area contributed by atoms with E-state index in [1.54, 1.807) is 11.3 Å². The summed E-state index contributed by atoms with van der Waals surface area (Å²) in [4.78, 5) is 16.8. The molecular weight excluding hydrogens is 288 g/mol. The fourth-order valence-electron chi connectivity index (χ4n) is 3.37. The van der Waals surface area contributed by atoms with Gasteiger partial charge in [0.1, 0.15) is 0 Å². The van der Waals surface area contributed by atoms with Crippen molar-refractivity contribution in [2.75, 3.05) is 13.1 Å². The molecule has 1 saturated heterocycles. The summed E-state index contributed by atoms with van der Waals surface area (Å²) >= 11 is 6.89. The predicted octanol–water partition coefficient (Wildman–Crippen LogP) is 2.69. The second-order valence-corrected chi connectivity index (χ2v) is 7.24. The molecule has 3 rings (SSSR count). The van der Waals surface area contributed by atoms with Crippen molar-refractivity contribution in [3.8, 4) is 0 Å². The van der Waals surface area contributed by atoms with Crippen LogP contribution in [0.1, 0.15) is 42.0 Å². The van der Waals surface area contributed by atoms with Gasteiger partial charge in [-0.3, -0.25) is 4.79 Å². The minimum atomic E-state index is 0.0649. The van der Waals surface area contributed by atoms with Gasteiger partial charge in [0.2, 0.25) is 5.91 Å². The van der Waals surface area contributed by atoms with Gasteiger partial charge in [-0.1, -0.05) is 12.2 Å². The summed E-state index contributed by atoms with van der Waals surface area (Å²) in [6.45, 7) is 1.57. The van der Waals surface area contributed by atoms with Crippen molar-refractivity contribution >= 4 is 34.5 Å². The average Bonchev–Trinajstić information content (AvgIpc) is 2.95. The zero-order valence-corrected chi connectivity index (χ0v) is 13.1. The first-order chi connectivity index (χ1) is 9.66. The molecule has 2 heterocycles. The van der Waals surface area contributed by atoms with Gasteiger partial charge >= 0.3 is 0 Å². The van der Waals surface area contributed by atoms with Gasteiger partial charge in [0.15, 0.2) is 0 Å². The van der Waals surface area contributed by atoms with Crippen LogP contribution in [0.15, 0.2) is 11.4 Å². The first kappa shape index (κ1) is 14.0. The van der Waals surface area contributed by atoms with E-state index in [4.69, 9.17) is 18.0 Å². The van der Waals surface area contributed by atoms with Gasteiger partial charge in [-0.25, -0.2) is 0 Å². The van der Waals surface area contributed by atoms with Crippen molar-refractivity contribution in [2.24, 2.45) is 11.7 Å². The molecule has 1 aliphatic heterocycles. The number of fused-ring (bicyclic) bond motifs is 1. The summed E-state index contributed by atoms with van der Waals surface area (Å²) in [7, 11) is 0. The van der Waals surface area contributed by atoms with Crippen LogP contribution in [0.2, 0.25) is 0 Å². The Morgan fingerprint density at radius 2 is 2.25 bits per heavy atom. The Balaban J connectivity index is 1.75. The lowest BCUT2D eigenvalue weighted by atomic mass is 9.86. The van der Waals surface area contributed by atoms with E-state index in [9.17, 15) is 4.79 Å². The van der Waals surface area contributed by atoms with Gasteiger partial charge in [-0.2, -0.15) is 0 Å². The van der Waals surface area contributed by atoms with Crippen molar-refractivity contribution in [3.05, 3.63) is 21.9 Å². The third kappa shape index (κ3) is 2.61. The fourth-order valence-corrected chi connectivity index (χ4v) is 4.55. The molecule has 1 aromatic rings. The summed E-state index contributed by atoms with van der Waals surface area (Å²) in [6.07, 6.45) is 5.27. The largest absolute Gasteiger partial charge is 0.393 e. The zero-order valence-electron chi connectivity index (χ0n) is 11.5. The van der Waals surface area contributed by atoms with Crippen molar-refractivity contribution in [3.63, 3.8) is 0 Å². The highest BCUT2D eigenvalue weighted by molar-refractivity contribution is 7.80. The van der Waals surface area contributed by atoms with Gasteiger partial charge in [-0.15, -0.1) is 11.3 Å². The van der Waals surface area contributed by atoms with Crippen LogP contribution in [0.25, 0.3) is 0 Å². The van der Waals surface area contributed by atoms with Gasteiger partial charge in [0.25, 0.3) is 0 Å². The van der Waals surface area contributed by atoms with E-state index >= 15 is 0 Å². The van der Waals surface area contributed by atoms with Crippen LogP contribution in [0, 0.1) is 5.92 Å². The van der Waals surface area contributed by atoms with Crippen LogP contribution < -0.4 is 5.73 Å². The molecule has 0 radical (unpaired) electrons. The zero-order chi connectivity index (χ0) is 14.1. The molecule has 1 fully saturated rings. The number of thiophene rings is 1. The van der Waals surface area contributed by atoms with E-state index in [-0.39, 0.29) is 17.7 Å². The Hall–Kier alpha value is -0.940. The lowest BCUT2D eigenvalue weighted by molar-refractivity contribution is -0.134. The number of piperidine rings is 1. The van der Waals surface area contributed by atoms with Crippen LogP contribution in [-0.4, -0.2) is 28.9 Å². The van der Waals surface area contributed by atoms with Crippen LogP contribution in [0.4, 0.5) is 0 Å². The highest BCUT2D eigenvalue weighted by Gasteiger charge is 2.33. The molecule has 1 amide bonds. The highest BCUT2D eigenvalue weighted by atomic mass is 32.1. The highest BCUT2D eigenvalue weighted by Crippen LogP contribution is 2.36. The molecule has 2 aliphatic rings. The molecule has 20 heavy (non-hydrogen) atoms. The fraction of sp³-hybridized carbons (Fsp3) is 0.600. The molecule has 3 nitrogen and oxygen atoms in total.